The minimum absolute atomic E-state index is 0.0565. The molecule has 0 fully saturated rings. The molecule has 1 aliphatic rings. The second kappa shape index (κ2) is 10.4. The lowest BCUT2D eigenvalue weighted by molar-refractivity contribution is -0.142. The first kappa shape index (κ1) is 21.3. The molecule has 1 atom stereocenters. The van der Waals surface area contributed by atoms with Gasteiger partial charge in [-0.3, -0.25) is 0 Å². The molecule has 9 heteroatoms. The third-order valence-electron chi connectivity index (χ3n) is 4.04. The molecule has 0 radical (unpaired) electrons. The number of thiocarbonyl (C=S) groups is 1. The summed E-state index contributed by atoms with van der Waals surface area (Å²) in [6.45, 7) is 0.242. The Bertz CT molecular complexity index is 709. The van der Waals surface area contributed by atoms with Crippen LogP contribution < -0.4 is 10.1 Å². The minimum atomic E-state index is -0.591. The highest BCUT2D eigenvalue weighted by Gasteiger charge is 2.23. The Morgan fingerprint density at radius 2 is 2.15 bits per heavy atom. The number of hydrogen-bond donors (Lipinski definition) is 2. The maximum atomic E-state index is 12.5. The molecule has 1 aliphatic heterocycles. The molecule has 0 saturated heterocycles. The first-order valence-electron chi connectivity index (χ1n) is 8.48. The van der Waals surface area contributed by atoms with E-state index in [1.165, 1.54) is 32.0 Å². The second-order valence-corrected chi connectivity index (χ2v) is 7.45. The van der Waals surface area contributed by atoms with Gasteiger partial charge in [-0.25, -0.2) is 9.59 Å². The molecule has 0 aliphatic carbocycles. The molecule has 7 nitrogen and oxygen atoms in total. The number of phenolic OH excluding ortho intramolecular Hbond substituents is 1. The quantitative estimate of drug-likeness (QED) is 0.560. The molecular formula is C18H23NO6S2. The average molecular weight is 414 g/mol. The van der Waals surface area contributed by atoms with Crippen LogP contribution in [0.15, 0.2) is 12.1 Å². The second-order valence-electron chi connectivity index (χ2n) is 5.92. The van der Waals surface area contributed by atoms with Crippen LogP contribution in [0.25, 0.3) is 0 Å². The number of rotatable bonds is 2. The summed E-state index contributed by atoms with van der Waals surface area (Å²) in [6.07, 6.45) is 1.95. The molecular weight excluding hydrogens is 390 g/mol. The van der Waals surface area contributed by atoms with Crippen molar-refractivity contribution in [2.24, 2.45) is 0 Å². The normalized spacial score (nSPS) is 19.1. The zero-order chi connectivity index (χ0) is 19.8. The SMILES string of the molecule is COC(=O)[C@@H]1CSCc2c(O)cc(OC)cc2C(=O)OCCCCC(=S)N1. The molecule has 0 saturated carbocycles. The lowest BCUT2D eigenvalue weighted by atomic mass is 10.1. The van der Waals surface area contributed by atoms with E-state index in [9.17, 15) is 14.7 Å². The molecule has 1 aromatic rings. The number of aromatic hydroxyl groups is 1. The molecule has 1 heterocycles. The Labute approximate surface area is 167 Å². The minimum Gasteiger partial charge on any atom is -0.507 e. The molecule has 148 valence electrons. The number of carbonyl (C=O) groups is 2. The van der Waals surface area contributed by atoms with Gasteiger partial charge in [-0.1, -0.05) is 12.2 Å². The van der Waals surface area contributed by atoms with Crippen LogP contribution in [-0.2, 0) is 20.0 Å². The van der Waals surface area contributed by atoms with Gasteiger partial charge in [-0.05, 0) is 25.3 Å². The summed E-state index contributed by atoms with van der Waals surface area (Å²) in [4.78, 5) is 25.0. The number of ether oxygens (including phenoxy) is 3. The first-order chi connectivity index (χ1) is 13.0. The van der Waals surface area contributed by atoms with Crippen molar-refractivity contribution < 1.29 is 28.9 Å². The fourth-order valence-corrected chi connectivity index (χ4v) is 3.94. The summed E-state index contributed by atoms with van der Waals surface area (Å²) < 4.78 is 15.3. The summed E-state index contributed by atoms with van der Waals surface area (Å²) in [6, 6.07) is 2.40. The Morgan fingerprint density at radius 1 is 1.37 bits per heavy atom. The van der Waals surface area contributed by atoms with Crippen molar-refractivity contribution in [1.29, 1.82) is 0 Å². The van der Waals surface area contributed by atoms with Crippen LogP contribution in [0.3, 0.4) is 0 Å². The van der Waals surface area contributed by atoms with E-state index in [4.69, 9.17) is 26.4 Å². The number of hydrogen-bond acceptors (Lipinski definition) is 8. The van der Waals surface area contributed by atoms with E-state index in [1.54, 1.807) is 6.07 Å². The van der Waals surface area contributed by atoms with Gasteiger partial charge in [0.2, 0.25) is 0 Å². The van der Waals surface area contributed by atoms with Gasteiger partial charge in [-0.2, -0.15) is 11.8 Å². The van der Waals surface area contributed by atoms with E-state index in [0.717, 1.165) is 6.42 Å². The monoisotopic (exact) mass is 413 g/mol. The van der Waals surface area contributed by atoms with Crippen LogP contribution in [0.4, 0.5) is 0 Å². The van der Waals surface area contributed by atoms with Gasteiger partial charge < -0.3 is 24.6 Å². The average Bonchev–Trinajstić information content (AvgIpc) is 2.66. The van der Waals surface area contributed by atoms with Gasteiger partial charge in [-0.15, -0.1) is 0 Å². The predicted molar refractivity (Wildman–Crippen MR) is 106 cm³/mol. The van der Waals surface area contributed by atoms with Crippen LogP contribution in [0, 0.1) is 0 Å². The van der Waals surface area contributed by atoms with Crippen LogP contribution in [0.1, 0.15) is 35.2 Å². The molecule has 2 N–H and O–H groups in total. The van der Waals surface area contributed by atoms with Crippen LogP contribution in [0.5, 0.6) is 11.5 Å². The Kier molecular flexibility index (Phi) is 8.18. The van der Waals surface area contributed by atoms with Crippen LogP contribution in [0.2, 0.25) is 0 Å². The number of esters is 2. The number of methoxy groups -OCH3 is 2. The zero-order valence-electron chi connectivity index (χ0n) is 15.3. The highest BCUT2D eigenvalue weighted by Crippen LogP contribution is 2.32. The summed E-state index contributed by atoms with van der Waals surface area (Å²) in [5, 5.41) is 13.4. The van der Waals surface area contributed by atoms with Crippen molar-refractivity contribution in [1.82, 2.24) is 5.32 Å². The lowest BCUT2D eigenvalue weighted by Gasteiger charge is -2.19. The Hall–Kier alpha value is -2.00. The van der Waals surface area contributed by atoms with Crippen molar-refractivity contribution in [2.45, 2.75) is 31.1 Å². The van der Waals surface area contributed by atoms with Crippen LogP contribution >= 0.6 is 24.0 Å². The molecule has 0 unspecified atom stereocenters. The molecule has 27 heavy (non-hydrogen) atoms. The van der Waals surface area contributed by atoms with Crippen molar-refractivity contribution >= 4 is 40.9 Å². The summed E-state index contributed by atoms with van der Waals surface area (Å²) >= 11 is 6.66. The smallest absolute Gasteiger partial charge is 0.338 e. The summed E-state index contributed by atoms with van der Waals surface area (Å²) in [7, 11) is 2.78. The van der Waals surface area contributed by atoms with Crippen molar-refractivity contribution in [2.75, 3.05) is 26.6 Å². The Balaban J connectivity index is 2.28. The molecule has 0 aromatic heterocycles. The zero-order valence-corrected chi connectivity index (χ0v) is 16.9. The van der Waals surface area contributed by atoms with E-state index in [0.29, 0.717) is 40.6 Å². The van der Waals surface area contributed by atoms with E-state index in [-0.39, 0.29) is 17.9 Å². The summed E-state index contributed by atoms with van der Waals surface area (Å²) in [5.41, 5.74) is 0.698. The highest BCUT2D eigenvalue weighted by molar-refractivity contribution is 7.98. The number of phenols is 1. The molecule has 1 aromatic carbocycles. The van der Waals surface area contributed by atoms with Crippen molar-refractivity contribution in [3.05, 3.63) is 23.3 Å². The topological polar surface area (TPSA) is 94.1 Å². The van der Waals surface area contributed by atoms with E-state index in [2.05, 4.69) is 5.32 Å². The highest BCUT2D eigenvalue weighted by atomic mass is 32.2. The number of nitrogens with one attached hydrogen (secondary N) is 1. The van der Waals surface area contributed by atoms with E-state index >= 15 is 0 Å². The summed E-state index contributed by atoms with van der Waals surface area (Å²) in [5.74, 6) is 0.0694. The third kappa shape index (κ3) is 6.00. The standard InChI is InChI=1S/C18H23NO6S2/c1-23-11-7-12-13(15(20)8-11)9-27-10-14(18(22)24-2)19-16(26)5-3-4-6-25-17(12)21/h7-8,14,20H,3-6,9-10H2,1-2H3,(H,19,26)/t14-/m0/s1. The fourth-order valence-electron chi connectivity index (χ4n) is 2.57. The van der Waals surface area contributed by atoms with Gasteiger partial charge >= 0.3 is 11.9 Å². The molecule has 0 spiro atoms. The fraction of sp³-hybridized carbons (Fsp3) is 0.500. The maximum Gasteiger partial charge on any atom is 0.338 e. The van der Waals surface area contributed by atoms with Gasteiger partial charge in [0.25, 0.3) is 0 Å². The lowest BCUT2D eigenvalue weighted by Crippen LogP contribution is -2.42. The van der Waals surface area contributed by atoms with E-state index in [1.807, 2.05) is 0 Å². The van der Waals surface area contributed by atoms with Crippen molar-refractivity contribution in [3.63, 3.8) is 0 Å². The van der Waals surface area contributed by atoms with Gasteiger partial charge in [0.1, 0.15) is 17.5 Å². The molecule has 0 amide bonds. The number of thioether (sulfide) groups is 1. The number of carbonyl (C=O) groups excluding carboxylic acids is 2. The number of benzene rings is 1. The number of cyclic esters (lactones) is 1. The van der Waals surface area contributed by atoms with E-state index < -0.39 is 18.0 Å². The predicted octanol–water partition coefficient (Wildman–Crippen LogP) is 2.43. The third-order valence-corrected chi connectivity index (χ3v) is 5.42. The van der Waals surface area contributed by atoms with Crippen molar-refractivity contribution in [3.8, 4) is 11.5 Å². The maximum absolute atomic E-state index is 12.5. The van der Waals surface area contributed by atoms with Crippen LogP contribution in [-0.4, -0.2) is 54.7 Å². The molecule has 0 bridgehead atoms. The Morgan fingerprint density at radius 3 is 2.85 bits per heavy atom. The molecule has 2 rings (SSSR count). The first-order valence-corrected chi connectivity index (χ1v) is 10.0. The largest absolute Gasteiger partial charge is 0.507 e. The van der Waals surface area contributed by atoms with Gasteiger partial charge in [0, 0.05) is 23.1 Å². The van der Waals surface area contributed by atoms with Gasteiger partial charge in [0.15, 0.2) is 0 Å². The number of fused-ring (bicyclic) bond motifs is 1. The van der Waals surface area contributed by atoms with Gasteiger partial charge in [0.05, 0.1) is 31.4 Å².